The van der Waals surface area contributed by atoms with Crippen molar-refractivity contribution in [2.45, 2.75) is 36.6 Å². The van der Waals surface area contributed by atoms with E-state index in [0.717, 1.165) is 12.8 Å². The van der Waals surface area contributed by atoms with E-state index in [1.165, 1.54) is 52.8 Å². The Labute approximate surface area is 185 Å². The van der Waals surface area contributed by atoms with Crippen LogP contribution in [0, 0.1) is 5.82 Å². The normalized spacial score (nSPS) is 17.2. The first kappa shape index (κ1) is 23.2. The molecule has 0 spiro atoms. The molecule has 3 rings (SSSR count). The molecular weight excluding hydrogens is 445 g/mol. The molecule has 2 aromatic rings. The highest BCUT2D eigenvalue weighted by atomic mass is 35.5. The average Bonchev–Trinajstić information content (AvgIpc) is 2.76. The van der Waals surface area contributed by atoms with Crippen LogP contribution in [0.3, 0.4) is 0 Å². The average molecular weight is 468 g/mol. The number of carbonyl (C=O) groups excluding carboxylic acids is 2. The summed E-state index contributed by atoms with van der Waals surface area (Å²) in [4.78, 5) is 24.2. The van der Waals surface area contributed by atoms with Crippen LogP contribution in [0.15, 0.2) is 53.4 Å². The Bertz CT molecular complexity index is 1030. The molecule has 2 amide bonds. The number of hydrogen-bond donors (Lipinski definition) is 2. The zero-order chi connectivity index (χ0) is 22.4. The Morgan fingerprint density at radius 2 is 1.71 bits per heavy atom. The zero-order valence-corrected chi connectivity index (χ0v) is 18.3. The lowest BCUT2D eigenvalue weighted by Gasteiger charge is -2.34. The molecule has 0 saturated carbocycles. The van der Waals surface area contributed by atoms with E-state index >= 15 is 0 Å². The van der Waals surface area contributed by atoms with Gasteiger partial charge in [0.15, 0.2) is 0 Å². The quantitative estimate of drug-likeness (QED) is 0.638. The van der Waals surface area contributed by atoms with E-state index in [0.29, 0.717) is 30.1 Å². The van der Waals surface area contributed by atoms with Gasteiger partial charge in [-0.2, -0.15) is 4.31 Å². The fourth-order valence-corrected chi connectivity index (χ4v) is 5.32. The Hall–Kier alpha value is -2.49. The number of amides is 2. The highest BCUT2D eigenvalue weighted by Crippen LogP contribution is 2.27. The summed E-state index contributed by atoms with van der Waals surface area (Å²) in [5.41, 5.74) is 0.300. The van der Waals surface area contributed by atoms with Crippen molar-refractivity contribution < 1.29 is 22.4 Å². The Morgan fingerprint density at radius 3 is 2.39 bits per heavy atom. The van der Waals surface area contributed by atoms with Crippen molar-refractivity contribution in [2.75, 3.05) is 18.4 Å². The van der Waals surface area contributed by atoms with E-state index in [4.69, 9.17) is 11.6 Å². The smallest absolute Gasteiger partial charge is 0.313 e. The standard InChI is InChI=1S/C21H23ClFN3O4S/c22-15-4-10-19(11-5-15)31(29,30)26-14-2-1-3-18(26)12-13-24-20(27)21(28)25-17-8-6-16(23)7-9-17/h4-11,18H,1-3,12-14H2,(H,24,27)(H,25,28). The van der Waals surface area contributed by atoms with Gasteiger partial charge in [0.05, 0.1) is 4.90 Å². The van der Waals surface area contributed by atoms with Crippen molar-refractivity contribution in [3.63, 3.8) is 0 Å². The van der Waals surface area contributed by atoms with Crippen molar-refractivity contribution >= 4 is 39.1 Å². The SMILES string of the molecule is O=C(NCCC1CCCCN1S(=O)(=O)c1ccc(Cl)cc1)C(=O)Nc1ccc(F)cc1. The van der Waals surface area contributed by atoms with Crippen LogP contribution in [-0.2, 0) is 19.6 Å². The van der Waals surface area contributed by atoms with Crippen LogP contribution in [0.25, 0.3) is 0 Å². The van der Waals surface area contributed by atoms with Crippen LogP contribution < -0.4 is 10.6 Å². The van der Waals surface area contributed by atoms with Gasteiger partial charge in [-0.15, -0.1) is 0 Å². The predicted octanol–water partition coefficient (Wildman–Crippen LogP) is 3.17. The number of carbonyl (C=O) groups is 2. The molecule has 0 aliphatic carbocycles. The van der Waals surface area contributed by atoms with Gasteiger partial charge < -0.3 is 10.6 Å². The van der Waals surface area contributed by atoms with Crippen LogP contribution in [0.5, 0.6) is 0 Å². The number of halogens is 2. The summed E-state index contributed by atoms with van der Waals surface area (Å²) in [6.45, 7) is 0.543. The van der Waals surface area contributed by atoms with Gasteiger partial charge in [0.2, 0.25) is 10.0 Å². The molecule has 1 fully saturated rings. The summed E-state index contributed by atoms with van der Waals surface area (Å²) < 4.78 is 40.5. The third-order valence-electron chi connectivity index (χ3n) is 5.06. The van der Waals surface area contributed by atoms with Crippen LogP contribution in [0.2, 0.25) is 5.02 Å². The maximum absolute atomic E-state index is 13.0. The lowest BCUT2D eigenvalue weighted by atomic mass is 10.0. The number of nitrogens with one attached hydrogen (secondary N) is 2. The first-order chi connectivity index (χ1) is 14.8. The minimum atomic E-state index is -3.69. The molecule has 1 aliphatic heterocycles. The van der Waals surface area contributed by atoms with E-state index in [2.05, 4.69) is 10.6 Å². The number of anilines is 1. The predicted molar refractivity (Wildman–Crippen MR) is 116 cm³/mol. The van der Waals surface area contributed by atoms with Crippen LogP contribution >= 0.6 is 11.6 Å². The molecule has 1 unspecified atom stereocenters. The highest BCUT2D eigenvalue weighted by molar-refractivity contribution is 7.89. The molecule has 2 N–H and O–H groups in total. The van der Waals surface area contributed by atoms with Crippen molar-refractivity contribution in [2.24, 2.45) is 0 Å². The van der Waals surface area contributed by atoms with E-state index < -0.39 is 27.7 Å². The molecule has 1 saturated heterocycles. The van der Waals surface area contributed by atoms with E-state index in [-0.39, 0.29) is 17.5 Å². The van der Waals surface area contributed by atoms with Gasteiger partial charge in [0.1, 0.15) is 5.82 Å². The maximum atomic E-state index is 13.0. The molecule has 166 valence electrons. The number of hydrogen-bond acceptors (Lipinski definition) is 4. The largest absolute Gasteiger partial charge is 0.348 e. The molecule has 0 bridgehead atoms. The summed E-state index contributed by atoms with van der Waals surface area (Å²) in [5, 5.41) is 5.35. The van der Waals surface area contributed by atoms with Crippen molar-refractivity contribution in [1.82, 2.24) is 9.62 Å². The molecule has 1 aliphatic rings. The summed E-state index contributed by atoms with van der Waals surface area (Å²) in [7, 11) is -3.69. The monoisotopic (exact) mass is 467 g/mol. The number of benzene rings is 2. The molecule has 7 nitrogen and oxygen atoms in total. The Kier molecular flexibility index (Phi) is 7.64. The molecule has 0 radical (unpaired) electrons. The Morgan fingerprint density at radius 1 is 1.03 bits per heavy atom. The maximum Gasteiger partial charge on any atom is 0.313 e. The topological polar surface area (TPSA) is 95.6 Å². The molecule has 0 aromatic heterocycles. The van der Waals surface area contributed by atoms with Gasteiger partial charge in [0, 0.05) is 29.8 Å². The van der Waals surface area contributed by atoms with Gasteiger partial charge in [-0.05, 0) is 67.8 Å². The molecule has 1 atom stereocenters. The fourth-order valence-electron chi connectivity index (χ4n) is 3.47. The van der Waals surface area contributed by atoms with Gasteiger partial charge in [-0.1, -0.05) is 18.0 Å². The molecule has 10 heteroatoms. The highest BCUT2D eigenvalue weighted by Gasteiger charge is 2.33. The number of rotatable bonds is 6. The van der Waals surface area contributed by atoms with E-state index in [1.54, 1.807) is 0 Å². The lowest BCUT2D eigenvalue weighted by molar-refractivity contribution is -0.136. The second-order valence-corrected chi connectivity index (χ2v) is 9.55. The summed E-state index contributed by atoms with van der Waals surface area (Å²) in [6.07, 6.45) is 2.69. The van der Waals surface area contributed by atoms with Gasteiger partial charge in [-0.25, -0.2) is 12.8 Å². The molecule has 1 heterocycles. The number of piperidine rings is 1. The Balaban J connectivity index is 1.56. The molecular formula is C21H23ClFN3O4S. The third-order valence-corrected chi connectivity index (χ3v) is 7.28. The van der Waals surface area contributed by atoms with Crippen molar-refractivity contribution in [1.29, 1.82) is 0 Å². The minimum Gasteiger partial charge on any atom is -0.348 e. The zero-order valence-electron chi connectivity index (χ0n) is 16.7. The molecule has 2 aromatic carbocycles. The molecule has 31 heavy (non-hydrogen) atoms. The first-order valence-corrected chi connectivity index (χ1v) is 11.7. The van der Waals surface area contributed by atoms with Gasteiger partial charge >= 0.3 is 11.8 Å². The summed E-state index contributed by atoms with van der Waals surface area (Å²) in [6, 6.07) is 10.8. The van der Waals surface area contributed by atoms with Crippen LogP contribution in [0.4, 0.5) is 10.1 Å². The van der Waals surface area contributed by atoms with Gasteiger partial charge in [0.25, 0.3) is 0 Å². The number of sulfonamides is 1. The van der Waals surface area contributed by atoms with E-state index in [9.17, 15) is 22.4 Å². The first-order valence-electron chi connectivity index (χ1n) is 9.89. The summed E-state index contributed by atoms with van der Waals surface area (Å²) >= 11 is 5.86. The third kappa shape index (κ3) is 6.03. The van der Waals surface area contributed by atoms with Crippen LogP contribution in [0.1, 0.15) is 25.7 Å². The summed E-state index contributed by atoms with van der Waals surface area (Å²) in [5.74, 6) is -2.17. The minimum absolute atomic E-state index is 0.146. The fraction of sp³-hybridized carbons (Fsp3) is 0.333. The number of nitrogens with zero attached hydrogens (tertiary/aromatic N) is 1. The second-order valence-electron chi connectivity index (χ2n) is 7.22. The van der Waals surface area contributed by atoms with Gasteiger partial charge in [-0.3, -0.25) is 9.59 Å². The lowest BCUT2D eigenvalue weighted by Crippen LogP contribution is -2.45. The van der Waals surface area contributed by atoms with Crippen LogP contribution in [-0.4, -0.2) is 43.7 Å². The second kappa shape index (κ2) is 10.2. The van der Waals surface area contributed by atoms with Crippen molar-refractivity contribution in [3.8, 4) is 0 Å². The van der Waals surface area contributed by atoms with Crippen molar-refractivity contribution in [3.05, 3.63) is 59.4 Å². The van der Waals surface area contributed by atoms with E-state index in [1.807, 2.05) is 0 Å².